The summed E-state index contributed by atoms with van der Waals surface area (Å²) in [5.41, 5.74) is 4.64. The van der Waals surface area contributed by atoms with Gasteiger partial charge >= 0.3 is 0 Å². The highest BCUT2D eigenvalue weighted by Crippen LogP contribution is 2.06. The molecule has 3 nitrogen and oxygen atoms in total. The Labute approximate surface area is 74.7 Å². The smallest absolute Gasteiger partial charge is 0.237 e. The van der Waals surface area contributed by atoms with E-state index in [0.717, 1.165) is 12.8 Å². The minimum Gasteiger partial charge on any atom is -0.368 e. The van der Waals surface area contributed by atoms with E-state index in [-0.39, 0.29) is 5.91 Å². The molecular formula is C9H20N2O. The summed E-state index contributed by atoms with van der Waals surface area (Å²) in [5.74, 6) is -0.297. The highest BCUT2D eigenvalue weighted by molar-refractivity contribution is 5.83. The van der Waals surface area contributed by atoms with Crippen LogP contribution in [0.15, 0.2) is 0 Å². The fourth-order valence-electron chi connectivity index (χ4n) is 1.07. The summed E-state index contributed by atoms with van der Waals surface area (Å²) in [7, 11) is 0. The van der Waals surface area contributed by atoms with Gasteiger partial charge in [-0.15, -0.1) is 0 Å². The molecule has 1 amide bonds. The summed E-state index contributed by atoms with van der Waals surface area (Å²) in [4.78, 5) is 10.9. The third-order valence-electron chi connectivity index (χ3n) is 2.17. The molecule has 0 spiro atoms. The van der Waals surface area contributed by atoms with Crippen LogP contribution in [0, 0.1) is 0 Å². The summed E-state index contributed by atoms with van der Waals surface area (Å²) < 4.78 is 0. The topological polar surface area (TPSA) is 55.1 Å². The molecule has 0 unspecified atom stereocenters. The molecular weight excluding hydrogens is 152 g/mol. The third-order valence-corrected chi connectivity index (χ3v) is 2.17. The van der Waals surface area contributed by atoms with E-state index >= 15 is 0 Å². The Morgan fingerprint density at radius 3 is 2.08 bits per heavy atom. The van der Waals surface area contributed by atoms with Gasteiger partial charge in [-0.1, -0.05) is 13.8 Å². The molecule has 3 heteroatoms. The van der Waals surface area contributed by atoms with Gasteiger partial charge in [-0.05, 0) is 26.7 Å². The van der Waals surface area contributed by atoms with Crippen LogP contribution in [0.5, 0.6) is 0 Å². The highest BCUT2D eigenvalue weighted by atomic mass is 16.1. The Bertz CT molecular complexity index is 151. The van der Waals surface area contributed by atoms with E-state index in [4.69, 9.17) is 5.73 Å². The molecule has 0 saturated heterocycles. The SMILES string of the molecule is CCC(CC)NC(C)(C)C(N)=O. The second-order valence-electron chi connectivity index (χ2n) is 3.65. The number of hydrogen-bond donors (Lipinski definition) is 2. The van der Waals surface area contributed by atoms with Crippen LogP contribution in [-0.4, -0.2) is 17.5 Å². The van der Waals surface area contributed by atoms with Crippen LogP contribution in [0.25, 0.3) is 0 Å². The van der Waals surface area contributed by atoms with Crippen molar-refractivity contribution in [1.29, 1.82) is 0 Å². The average molecular weight is 172 g/mol. The van der Waals surface area contributed by atoms with Crippen LogP contribution in [0.1, 0.15) is 40.5 Å². The molecule has 0 fully saturated rings. The van der Waals surface area contributed by atoms with Gasteiger partial charge in [0.2, 0.25) is 5.91 Å². The lowest BCUT2D eigenvalue weighted by atomic mass is 10.0. The maximum absolute atomic E-state index is 10.9. The van der Waals surface area contributed by atoms with Gasteiger partial charge in [0, 0.05) is 6.04 Å². The Hall–Kier alpha value is -0.570. The molecule has 0 saturated carbocycles. The number of amides is 1. The van der Waals surface area contributed by atoms with E-state index in [1.165, 1.54) is 0 Å². The molecule has 12 heavy (non-hydrogen) atoms. The van der Waals surface area contributed by atoms with Gasteiger partial charge in [-0.25, -0.2) is 0 Å². The molecule has 0 aromatic rings. The van der Waals surface area contributed by atoms with E-state index in [0.29, 0.717) is 6.04 Å². The van der Waals surface area contributed by atoms with Crippen molar-refractivity contribution in [1.82, 2.24) is 5.32 Å². The minimum atomic E-state index is -0.587. The number of nitrogens with one attached hydrogen (secondary N) is 1. The first-order valence-corrected chi connectivity index (χ1v) is 4.51. The molecule has 0 aliphatic rings. The van der Waals surface area contributed by atoms with Gasteiger partial charge in [0.15, 0.2) is 0 Å². The number of primary amides is 1. The van der Waals surface area contributed by atoms with Crippen molar-refractivity contribution in [2.45, 2.75) is 52.1 Å². The van der Waals surface area contributed by atoms with Gasteiger partial charge in [-0.2, -0.15) is 0 Å². The van der Waals surface area contributed by atoms with E-state index in [1.54, 1.807) is 0 Å². The lowest BCUT2D eigenvalue weighted by Crippen LogP contribution is -2.54. The monoisotopic (exact) mass is 172 g/mol. The zero-order valence-electron chi connectivity index (χ0n) is 8.48. The summed E-state index contributed by atoms with van der Waals surface area (Å²) in [6.07, 6.45) is 2.04. The van der Waals surface area contributed by atoms with Crippen molar-refractivity contribution >= 4 is 5.91 Å². The summed E-state index contributed by atoms with van der Waals surface area (Å²) in [6, 6.07) is 0.382. The van der Waals surface area contributed by atoms with Crippen LogP contribution in [0.4, 0.5) is 0 Å². The van der Waals surface area contributed by atoms with Crippen molar-refractivity contribution in [2.75, 3.05) is 0 Å². The van der Waals surface area contributed by atoms with Crippen molar-refractivity contribution in [3.63, 3.8) is 0 Å². The number of carbonyl (C=O) groups excluding carboxylic acids is 1. The van der Waals surface area contributed by atoms with Gasteiger partial charge in [0.05, 0.1) is 5.54 Å². The first-order chi connectivity index (χ1) is 5.44. The van der Waals surface area contributed by atoms with E-state index in [9.17, 15) is 4.79 Å². The molecule has 0 rings (SSSR count). The van der Waals surface area contributed by atoms with Crippen LogP contribution in [0.3, 0.4) is 0 Å². The van der Waals surface area contributed by atoms with E-state index in [2.05, 4.69) is 19.2 Å². The van der Waals surface area contributed by atoms with Gasteiger partial charge < -0.3 is 11.1 Å². The van der Waals surface area contributed by atoms with Crippen LogP contribution < -0.4 is 11.1 Å². The Morgan fingerprint density at radius 2 is 1.83 bits per heavy atom. The normalized spacial score (nSPS) is 12.1. The molecule has 0 aromatic heterocycles. The van der Waals surface area contributed by atoms with Crippen molar-refractivity contribution < 1.29 is 4.79 Å². The molecule has 0 aliphatic heterocycles. The third kappa shape index (κ3) is 3.22. The molecule has 0 heterocycles. The Morgan fingerprint density at radius 1 is 1.42 bits per heavy atom. The second kappa shape index (κ2) is 4.45. The number of hydrogen-bond acceptors (Lipinski definition) is 2. The second-order valence-corrected chi connectivity index (χ2v) is 3.65. The standard InChI is InChI=1S/C9H20N2O/c1-5-7(6-2)11-9(3,4)8(10)12/h7,11H,5-6H2,1-4H3,(H2,10,12). The molecule has 0 atom stereocenters. The van der Waals surface area contributed by atoms with Gasteiger partial charge in [0.25, 0.3) is 0 Å². The highest BCUT2D eigenvalue weighted by Gasteiger charge is 2.26. The molecule has 0 bridgehead atoms. The van der Waals surface area contributed by atoms with Crippen LogP contribution in [-0.2, 0) is 4.79 Å². The molecule has 0 aliphatic carbocycles. The first kappa shape index (κ1) is 11.4. The minimum absolute atomic E-state index is 0.297. The van der Waals surface area contributed by atoms with E-state index in [1.807, 2.05) is 13.8 Å². The number of rotatable bonds is 5. The molecule has 0 radical (unpaired) electrons. The zero-order valence-corrected chi connectivity index (χ0v) is 8.48. The van der Waals surface area contributed by atoms with Gasteiger partial charge in [-0.3, -0.25) is 4.79 Å². The molecule has 3 N–H and O–H groups in total. The summed E-state index contributed by atoms with van der Waals surface area (Å²) in [5, 5.41) is 3.22. The first-order valence-electron chi connectivity index (χ1n) is 4.51. The van der Waals surface area contributed by atoms with Crippen molar-refractivity contribution in [3.05, 3.63) is 0 Å². The lowest BCUT2D eigenvalue weighted by molar-refractivity contribution is -0.123. The summed E-state index contributed by atoms with van der Waals surface area (Å²) >= 11 is 0. The predicted octanol–water partition coefficient (Wildman–Crippen LogP) is 1.03. The lowest BCUT2D eigenvalue weighted by Gasteiger charge is -2.27. The fraction of sp³-hybridized carbons (Fsp3) is 0.889. The number of nitrogens with two attached hydrogens (primary N) is 1. The van der Waals surface area contributed by atoms with E-state index < -0.39 is 5.54 Å². The van der Waals surface area contributed by atoms with Crippen LogP contribution in [0.2, 0.25) is 0 Å². The van der Waals surface area contributed by atoms with Gasteiger partial charge in [0.1, 0.15) is 0 Å². The fourth-order valence-corrected chi connectivity index (χ4v) is 1.07. The maximum Gasteiger partial charge on any atom is 0.237 e. The maximum atomic E-state index is 10.9. The molecule has 72 valence electrons. The molecule has 0 aromatic carbocycles. The van der Waals surface area contributed by atoms with Crippen LogP contribution >= 0.6 is 0 Å². The predicted molar refractivity (Wildman–Crippen MR) is 50.8 cm³/mol. The largest absolute Gasteiger partial charge is 0.368 e. The Balaban J connectivity index is 4.12. The van der Waals surface area contributed by atoms with Crippen molar-refractivity contribution in [2.24, 2.45) is 5.73 Å². The average Bonchev–Trinajstić information content (AvgIpc) is 2.00. The van der Waals surface area contributed by atoms with Crippen molar-refractivity contribution in [3.8, 4) is 0 Å². The summed E-state index contributed by atoms with van der Waals surface area (Å²) in [6.45, 7) is 7.82. The number of carbonyl (C=O) groups is 1. The zero-order chi connectivity index (χ0) is 9.78. The Kier molecular flexibility index (Phi) is 4.24. The quantitative estimate of drug-likeness (QED) is 0.650.